The molecule has 84 valence electrons. The van der Waals surface area contributed by atoms with Gasteiger partial charge in [0, 0.05) is 24.4 Å². The lowest BCUT2D eigenvalue weighted by Gasteiger charge is -2.19. The molecule has 0 amide bonds. The highest BCUT2D eigenvalue weighted by Crippen LogP contribution is 2.20. The molecule has 0 spiro atoms. The van der Waals surface area contributed by atoms with Crippen LogP contribution in [0.2, 0.25) is 0 Å². The fourth-order valence-corrected chi connectivity index (χ4v) is 1.63. The van der Waals surface area contributed by atoms with Crippen LogP contribution >= 0.6 is 0 Å². The highest BCUT2D eigenvalue weighted by Gasteiger charge is 2.17. The van der Waals surface area contributed by atoms with Gasteiger partial charge < -0.3 is 5.32 Å². The molecule has 0 radical (unpaired) electrons. The van der Waals surface area contributed by atoms with E-state index in [0.717, 1.165) is 24.5 Å². The summed E-state index contributed by atoms with van der Waals surface area (Å²) in [6.07, 6.45) is 2.84. The molecule has 1 rings (SSSR count). The zero-order valence-corrected chi connectivity index (χ0v) is 10.1. The number of hydrogen-bond acceptors (Lipinski definition) is 3. The zero-order valence-electron chi connectivity index (χ0n) is 10.1. The Hall–Kier alpha value is -0.960. The van der Waals surface area contributed by atoms with Gasteiger partial charge in [0.15, 0.2) is 0 Å². The van der Waals surface area contributed by atoms with Gasteiger partial charge in [-0.15, -0.1) is 0 Å². The van der Waals surface area contributed by atoms with Crippen LogP contribution in [-0.2, 0) is 6.42 Å². The summed E-state index contributed by atoms with van der Waals surface area (Å²) in [5.74, 6) is 1.93. The molecule has 3 nitrogen and oxygen atoms in total. The van der Waals surface area contributed by atoms with E-state index < -0.39 is 0 Å². The van der Waals surface area contributed by atoms with E-state index in [0.29, 0.717) is 11.8 Å². The maximum atomic E-state index is 4.58. The first kappa shape index (κ1) is 12.1. The van der Waals surface area contributed by atoms with Crippen molar-refractivity contribution in [1.82, 2.24) is 15.3 Å². The molecule has 3 heteroatoms. The molecule has 15 heavy (non-hydrogen) atoms. The Labute approximate surface area is 92.3 Å². The fraction of sp³-hybridized carbons (Fsp3) is 0.667. The fourth-order valence-electron chi connectivity index (χ4n) is 1.63. The van der Waals surface area contributed by atoms with Crippen LogP contribution in [0.15, 0.2) is 12.3 Å². The van der Waals surface area contributed by atoms with Crippen molar-refractivity contribution < 1.29 is 0 Å². The van der Waals surface area contributed by atoms with Gasteiger partial charge >= 0.3 is 0 Å². The van der Waals surface area contributed by atoms with Gasteiger partial charge in [-0.1, -0.05) is 20.8 Å². The van der Waals surface area contributed by atoms with E-state index in [1.54, 1.807) is 0 Å². The third-order valence-corrected chi connectivity index (χ3v) is 2.65. The largest absolute Gasteiger partial charge is 0.319 e. The van der Waals surface area contributed by atoms with Gasteiger partial charge in [-0.2, -0.15) is 0 Å². The minimum absolute atomic E-state index is 0.404. The average molecular weight is 207 g/mol. The second-order valence-corrected chi connectivity index (χ2v) is 4.17. The van der Waals surface area contributed by atoms with E-state index >= 15 is 0 Å². The van der Waals surface area contributed by atoms with Crippen LogP contribution < -0.4 is 5.32 Å². The number of aromatic nitrogens is 2. The number of rotatable bonds is 5. The predicted molar refractivity (Wildman–Crippen MR) is 62.9 cm³/mol. The molecule has 1 aromatic rings. The van der Waals surface area contributed by atoms with Crippen LogP contribution in [0.1, 0.15) is 38.2 Å². The Bertz CT molecular complexity index is 297. The lowest BCUT2D eigenvalue weighted by Crippen LogP contribution is -2.23. The molecule has 0 aliphatic carbocycles. The molecular formula is C12H21N3. The summed E-state index contributed by atoms with van der Waals surface area (Å²) in [7, 11) is 1.97. The van der Waals surface area contributed by atoms with Crippen LogP contribution in [-0.4, -0.2) is 23.6 Å². The number of nitrogens with zero attached hydrogens (tertiary/aromatic N) is 2. The lowest BCUT2D eigenvalue weighted by atomic mass is 9.95. The Balaban J connectivity index is 2.89. The summed E-state index contributed by atoms with van der Waals surface area (Å²) in [4.78, 5) is 8.96. The van der Waals surface area contributed by atoms with Crippen molar-refractivity contribution in [3.8, 4) is 0 Å². The molecular weight excluding hydrogens is 186 g/mol. The molecule has 1 N–H and O–H groups in total. The van der Waals surface area contributed by atoms with Crippen molar-refractivity contribution in [1.29, 1.82) is 0 Å². The highest BCUT2D eigenvalue weighted by molar-refractivity contribution is 5.06. The van der Waals surface area contributed by atoms with E-state index in [2.05, 4.69) is 36.1 Å². The number of likely N-dealkylation sites (N-methyl/N-ethyl adjacent to an activating group) is 1. The van der Waals surface area contributed by atoms with Crippen molar-refractivity contribution >= 4 is 0 Å². The van der Waals surface area contributed by atoms with Crippen molar-refractivity contribution in [2.24, 2.45) is 5.92 Å². The van der Waals surface area contributed by atoms with Crippen LogP contribution in [0.3, 0.4) is 0 Å². The summed E-state index contributed by atoms with van der Waals surface area (Å²) in [6, 6.07) is 1.99. The van der Waals surface area contributed by atoms with Gasteiger partial charge in [0.05, 0.1) is 0 Å². The molecule has 1 atom stereocenters. The van der Waals surface area contributed by atoms with Crippen LogP contribution in [0.4, 0.5) is 0 Å². The predicted octanol–water partition coefficient (Wildman–Crippen LogP) is 2.00. The first-order valence-electron chi connectivity index (χ1n) is 5.65. The van der Waals surface area contributed by atoms with E-state index in [9.17, 15) is 0 Å². The standard InChI is InChI=1S/C12H21N3/c1-5-10-6-7-14-12(15-10)11(8-13-4)9(2)3/h6-7,9,11,13H,5,8H2,1-4H3. The molecule has 1 aromatic heterocycles. The third-order valence-electron chi connectivity index (χ3n) is 2.65. The normalized spacial score (nSPS) is 13.1. The van der Waals surface area contributed by atoms with Crippen LogP contribution in [0.5, 0.6) is 0 Å². The van der Waals surface area contributed by atoms with Gasteiger partial charge in [-0.3, -0.25) is 0 Å². The lowest BCUT2D eigenvalue weighted by molar-refractivity contribution is 0.456. The Kier molecular flexibility index (Phi) is 4.69. The minimum Gasteiger partial charge on any atom is -0.319 e. The van der Waals surface area contributed by atoms with Gasteiger partial charge in [0.1, 0.15) is 5.82 Å². The molecule has 0 fully saturated rings. The second kappa shape index (κ2) is 5.81. The average Bonchev–Trinajstić information content (AvgIpc) is 2.25. The maximum absolute atomic E-state index is 4.58. The van der Waals surface area contributed by atoms with Gasteiger partial charge in [-0.05, 0) is 25.5 Å². The molecule has 0 saturated heterocycles. The Morgan fingerprint density at radius 2 is 2.13 bits per heavy atom. The molecule has 0 aliphatic rings. The first-order chi connectivity index (χ1) is 7.19. The third kappa shape index (κ3) is 3.27. The maximum Gasteiger partial charge on any atom is 0.133 e. The zero-order chi connectivity index (χ0) is 11.3. The molecule has 0 bridgehead atoms. The monoisotopic (exact) mass is 207 g/mol. The van der Waals surface area contributed by atoms with Crippen LogP contribution in [0.25, 0.3) is 0 Å². The SMILES string of the molecule is CCc1ccnc(C(CNC)C(C)C)n1. The Morgan fingerprint density at radius 1 is 1.40 bits per heavy atom. The van der Waals surface area contributed by atoms with Crippen molar-refractivity contribution in [2.75, 3.05) is 13.6 Å². The second-order valence-electron chi connectivity index (χ2n) is 4.17. The van der Waals surface area contributed by atoms with E-state index in [1.165, 1.54) is 0 Å². The van der Waals surface area contributed by atoms with E-state index in [-0.39, 0.29) is 0 Å². The molecule has 0 saturated carbocycles. The van der Waals surface area contributed by atoms with Gasteiger partial charge in [0.2, 0.25) is 0 Å². The smallest absolute Gasteiger partial charge is 0.133 e. The summed E-state index contributed by atoms with van der Waals surface area (Å²) < 4.78 is 0. The topological polar surface area (TPSA) is 37.8 Å². The quantitative estimate of drug-likeness (QED) is 0.802. The summed E-state index contributed by atoms with van der Waals surface area (Å²) in [5.41, 5.74) is 1.13. The van der Waals surface area contributed by atoms with Crippen molar-refractivity contribution in [2.45, 2.75) is 33.1 Å². The van der Waals surface area contributed by atoms with Gasteiger partial charge in [-0.25, -0.2) is 9.97 Å². The molecule has 1 heterocycles. The van der Waals surface area contributed by atoms with Crippen LogP contribution in [0, 0.1) is 5.92 Å². The first-order valence-corrected chi connectivity index (χ1v) is 5.65. The van der Waals surface area contributed by atoms with Crippen molar-refractivity contribution in [3.63, 3.8) is 0 Å². The number of nitrogens with one attached hydrogen (secondary N) is 1. The molecule has 1 unspecified atom stereocenters. The number of hydrogen-bond donors (Lipinski definition) is 1. The summed E-state index contributed by atoms with van der Waals surface area (Å²) in [5, 5.41) is 3.21. The van der Waals surface area contributed by atoms with E-state index in [4.69, 9.17) is 0 Å². The Morgan fingerprint density at radius 3 is 2.67 bits per heavy atom. The minimum atomic E-state index is 0.404. The van der Waals surface area contributed by atoms with Crippen molar-refractivity contribution in [3.05, 3.63) is 23.8 Å². The number of aryl methyl sites for hydroxylation is 1. The summed E-state index contributed by atoms with van der Waals surface area (Å²) in [6.45, 7) is 7.48. The van der Waals surface area contributed by atoms with Gasteiger partial charge in [0.25, 0.3) is 0 Å². The molecule has 0 aliphatic heterocycles. The summed E-state index contributed by atoms with van der Waals surface area (Å²) >= 11 is 0. The molecule has 0 aromatic carbocycles. The van der Waals surface area contributed by atoms with E-state index in [1.807, 2.05) is 19.3 Å². The highest BCUT2D eigenvalue weighted by atomic mass is 14.9.